The molecule has 1 aromatic carbocycles. The maximum atomic E-state index is 5.37. The van der Waals surface area contributed by atoms with Gasteiger partial charge in [0.05, 0.1) is 13.2 Å². The Morgan fingerprint density at radius 1 is 1.32 bits per heavy atom. The summed E-state index contributed by atoms with van der Waals surface area (Å²) >= 11 is 3.55. The fourth-order valence-electron chi connectivity index (χ4n) is 2.44. The third-order valence-electron chi connectivity index (χ3n) is 3.39. The number of aryl methyl sites for hydroxylation is 1. The van der Waals surface area contributed by atoms with Crippen LogP contribution in [0.5, 0.6) is 0 Å². The Hall–Kier alpha value is -0.420. The van der Waals surface area contributed by atoms with E-state index >= 15 is 0 Å². The molecule has 0 aliphatic carbocycles. The first-order valence-electron chi connectivity index (χ1n) is 6.93. The number of ether oxygens (including phenoxy) is 1. The Labute approximate surface area is 124 Å². The molecule has 1 aromatic rings. The van der Waals surface area contributed by atoms with Crippen molar-refractivity contribution in [3.05, 3.63) is 33.8 Å². The fraction of sp³-hybridized carbons (Fsp3) is 0.600. The molecule has 1 atom stereocenters. The first kappa shape index (κ1) is 15.0. The monoisotopic (exact) mass is 326 g/mol. The van der Waals surface area contributed by atoms with Gasteiger partial charge in [0.1, 0.15) is 0 Å². The third kappa shape index (κ3) is 5.22. The predicted octanol–water partition coefficient (Wildman–Crippen LogP) is 2.57. The minimum atomic E-state index is 0.498. The maximum Gasteiger partial charge on any atom is 0.0594 e. The summed E-state index contributed by atoms with van der Waals surface area (Å²) in [6.45, 7) is 10.3. The molecule has 1 fully saturated rings. The summed E-state index contributed by atoms with van der Waals surface area (Å²) in [6.07, 6.45) is 0. The largest absolute Gasteiger partial charge is 0.379 e. The standard InChI is InChI=1S/C15H23BrN2O/c1-12-7-14(9-15(16)8-12)10-17-13(2)11-18-3-5-19-6-4-18/h7-9,13,17H,3-6,10-11H2,1-2H3. The average molecular weight is 327 g/mol. The molecule has 4 heteroatoms. The zero-order chi connectivity index (χ0) is 13.7. The van der Waals surface area contributed by atoms with E-state index in [4.69, 9.17) is 4.74 Å². The molecule has 0 saturated carbocycles. The number of hydrogen-bond donors (Lipinski definition) is 1. The molecule has 0 bridgehead atoms. The van der Waals surface area contributed by atoms with Crippen molar-refractivity contribution in [3.8, 4) is 0 Å². The summed E-state index contributed by atoms with van der Waals surface area (Å²) in [7, 11) is 0. The van der Waals surface area contributed by atoms with Gasteiger partial charge in [-0.1, -0.05) is 22.0 Å². The minimum absolute atomic E-state index is 0.498. The normalized spacial score (nSPS) is 18.5. The molecule has 106 valence electrons. The van der Waals surface area contributed by atoms with Gasteiger partial charge in [0.2, 0.25) is 0 Å². The molecule has 0 amide bonds. The molecule has 2 rings (SSSR count). The summed E-state index contributed by atoms with van der Waals surface area (Å²) in [5, 5.41) is 3.60. The smallest absolute Gasteiger partial charge is 0.0594 e. The Kier molecular flexibility index (Phi) is 5.82. The molecule has 0 aromatic heterocycles. The Morgan fingerprint density at radius 3 is 2.74 bits per heavy atom. The number of rotatable bonds is 5. The first-order chi connectivity index (χ1) is 9.13. The number of hydrogen-bond acceptors (Lipinski definition) is 3. The van der Waals surface area contributed by atoms with Crippen LogP contribution in [0.3, 0.4) is 0 Å². The van der Waals surface area contributed by atoms with E-state index in [0.29, 0.717) is 6.04 Å². The summed E-state index contributed by atoms with van der Waals surface area (Å²) in [6, 6.07) is 7.05. The number of halogens is 1. The lowest BCUT2D eigenvalue weighted by Crippen LogP contribution is -2.44. The highest BCUT2D eigenvalue weighted by Crippen LogP contribution is 2.15. The highest BCUT2D eigenvalue weighted by molar-refractivity contribution is 9.10. The van der Waals surface area contributed by atoms with E-state index in [9.17, 15) is 0 Å². The van der Waals surface area contributed by atoms with Crippen LogP contribution in [0.1, 0.15) is 18.1 Å². The SMILES string of the molecule is Cc1cc(Br)cc(CNC(C)CN2CCOCC2)c1. The lowest BCUT2D eigenvalue weighted by atomic mass is 10.1. The number of morpholine rings is 1. The quantitative estimate of drug-likeness (QED) is 0.900. The van der Waals surface area contributed by atoms with Gasteiger partial charge in [-0.2, -0.15) is 0 Å². The van der Waals surface area contributed by atoms with Gasteiger partial charge in [-0.15, -0.1) is 0 Å². The van der Waals surface area contributed by atoms with Gasteiger partial charge in [-0.3, -0.25) is 4.90 Å². The van der Waals surface area contributed by atoms with Crippen LogP contribution in [0.4, 0.5) is 0 Å². The fourth-order valence-corrected chi connectivity index (χ4v) is 3.10. The van der Waals surface area contributed by atoms with E-state index in [1.165, 1.54) is 11.1 Å². The summed E-state index contributed by atoms with van der Waals surface area (Å²) in [5.41, 5.74) is 2.63. The van der Waals surface area contributed by atoms with Gasteiger partial charge >= 0.3 is 0 Å². The average Bonchev–Trinajstić information content (AvgIpc) is 2.36. The van der Waals surface area contributed by atoms with Gasteiger partial charge in [0, 0.05) is 36.7 Å². The molecule has 3 nitrogen and oxygen atoms in total. The molecule has 1 N–H and O–H groups in total. The maximum absolute atomic E-state index is 5.37. The lowest BCUT2D eigenvalue weighted by molar-refractivity contribution is 0.0343. The zero-order valence-corrected chi connectivity index (χ0v) is 13.4. The van der Waals surface area contributed by atoms with Crippen molar-refractivity contribution in [2.75, 3.05) is 32.8 Å². The van der Waals surface area contributed by atoms with Crippen molar-refractivity contribution in [3.63, 3.8) is 0 Å². The van der Waals surface area contributed by atoms with Crippen molar-refractivity contribution in [2.24, 2.45) is 0 Å². The van der Waals surface area contributed by atoms with Crippen molar-refractivity contribution < 1.29 is 4.74 Å². The van der Waals surface area contributed by atoms with Crippen LogP contribution in [-0.4, -0.2) is 43.8 Å². The van der Waals surface area contributed by atoms with E-state index in [-0.39, 0.29) is 0 Å². The van der Waals surface area contributed by atoms with E-state index in [1.807, 2.05) is 0 Å². The van der Waals surface area contributed by atoms with E-state index in [2.05, 4.69) is 58.2 Å². The molecule has 1 aliphatic rings. The zero-order valence-electron chi connectivity index (χ0n) is 11.8. The second kappa shape index (κ2) is 7.39. The first-order valence-corrected chi connectivity index (χ1v) is 7.72. The molecule has 1 saturated heterocycles. The molecule has 0 radical (unpaired) electrons. The molecule has 19 heavy (non-hydrogen) atoms. The Balaban J connectivity index is 1.77. The predicted molar refractivity (Wildman–Crippen MR) is 82.4 cm³/mol. The molecule has 0 spiro atoms. The van der Waals surface area contributed by atoms with Crippen LogP contribution in [0, 0.1) is 6.92 Å². The van der Waals surface area contributed by atoms with Gasteiger partial charge in [-0.05, 0) is 37.1 Å². The van der Waals surface area contributed by atoms with E-state index < -0.39 is 0 Å². The molecule has 1 unspecified atom stereocenters. The topological polar surface area (TPSA) is 24.5 Å². The summed E-state index contributed by atoms with van der Waals surface area (Å²) < 4.78 is 6.53. The van der Waals surface area contributed by atoms with E-state index in [0.717, 1.165) is 43.9 Å². The Bertz CT molecular complexity index is 385. The number of nitrogens with one attached hydrogen (secondary N) is 1. The van der Waals surface area contributed by atoms with Crippen molar-refractivity contribution in [1.29, 1.82) is 0 Å². The molecular weight excluding hydrogens is 304 g/mol. The van der Waals surface area contributed by atoms with Crippen molar-refractivity contribution in [1.82, 2.24) is 10.2 Å². The van der Waals surface area contributed by atoms with Crippen molar-refractivity contribution >= 4 is 15.9 Å². The summed E-state index contributed by atoms with van der Waals surface area (Å²) in [4.78, 5) is 2.47. The van der Waals surface area contributed by atoms with E-state index in [1.54, 1.807) is 0 Å². The van der Waals surface area contributed by atoms with Gasteiger partial charge < -0.3 is 10.1 Å². The summed E-state index contributed by atoms with van der Waals surface area (Å²) in [5.74, 6) is 0. The lowest BCUT2D eigenvalue weighted by Gasteiger charge is -2.29. The van der Waals surface area contributed by atoms with Gasteiger partial charge in [0.25, 0.3) is 0 Å². The van der Waals surface area contributed by atoms with Crippen LogP contribution in [-0.2, 0) is 11.3 Å². The second-order valence-corrected chi connectivity index (χ2v) is 6.25. The van der Waals surface area contributed by atoms with Crippen LogP contribution >= 0.6 is 15.9 Å². The second-order valence-electron chi connectivity index (χ2n) is 5.33. The third-order valence-corrected chi connectivity index (χ3v) is 3.85. The number of nitrogens with zero attached hydrogens (tertiary/aromatic N) is 1. The minimum Gasteiger partial charge on any atom is -0.379 e. The van der Waals surface area contributed by atoms with Crippen LogP contribution in [0.15, 0.2) is 22.7 Å². The number of benzene rings is 1. The molecule has 1 heterocycles. The Morgan fingerprint density at radius 2 is 2.05 bits per heavy atom. The van der Waals surface area contributed by atoms with Crippen LogP contribution in [0.2, 0.25) is 0 Å². The highest BCUT2D eigenvalue weighted by Gasteiger charge is 2.13. The van der Waals surface area contributed by atoms with Crippen molar-refractivity contribution in [2.45, 2.75) is 26.4 Å². The van der Waals surface area contributed by atoms with Gasteiger partial charge in [-0.25, -0.2) is 0 Å². The van der Waals surface area contributed by atoms with Crippen LogP contribution in [0.25, 0.3) is 0 Å². The van der Waals surface area contributed by atoms with Gasteiger partial charge in [0.15, 0.2) is 0 Å². The highest BCUT2D eigenvalue weighted by atomic mass is 79.9. The molecular formula is C15H23BrN2O. The molecule has 1 aliphatic heterocycles. The van der Waals surface area contributed by atoms with Crippen LogP contribution < -0.4 is 5.32 Å².